The fourth-order valence-corrected chi connectivity index (χ4v) is 2.56. The molecule has 0 radical (unpaired) electrons. The van der Waals surface area contributed by atoms with Crippen molar-refractivity contribution in [1.29, 1.82) is 0 Å². The normalized spacial score (nSPS) is 11.4. The highest BCUT2D eigenvalue weighted by atomic mass is 35.5. The molecule has 0 N–H and O–H groups in total. The molecule has 0 spiro atoms. The summed E-state index contributed by atoms with van der Waals surface area (Å²) in [6, 6.07) is 6.17. The predicted octanol–water partition coefficient (Wildman–Crippen LogP) is 5.98. The zero-order valence-electron chi connectivity index (χ0n) is 13.1. The van der Waals surface area contributed by atoms with Gasteiger partial charge in [-0.25, -0.2) is 0 Å². The molecule has 0 aliphatic carbocycles. The van der Waals surface area contributed by atoms with Crippen LogP contribution in [0.25, 0.3) is 0 Å². The van der Waals surface area contributed by atoms with E-state index < -0.39 is 0 Å². The number of rotatable bonds is 8. The standard InChI is InChI=1S/C17H27Cl2N/c1-13(2)7-9-20(10-8-14(3)4)17-6-5-15(12-18)11-16(17)19/h5-6,11,13-14H,7-10,12H2,1-4H3. The molecule has 0 bridgehead atoms. The molecule has 0 fully saturated rings. The van der Waals surface area contributed by atoms with E-state index in [0.717, 1.165) is 29.4 Å². The molecule has 1 rings (SSSR count). The smallest absolute Gasteiger partial charge is 0.0642 e. The maximum absolute atomic E-state index is 6.43. The number of nitrogens with zero attached hydrogens (tertiary/aromatic N) is 1. The fraction of sp³-hybridized carbons (Fsp3) is 0.647. The lowest BCUT2D eigenvalue weighted by Gasteiger charge is -2.27. The summed E-state index contributed by atoms with van der Waals surface area (Å²) in [4.78, 5) is 2.42. The average Bonchev–Trinajstić information content (AvgIpc) is 2.39. The van der Waals surface area contributed by atoms with Gasteiger partial charge in [-0.1, -0.05) is 45.4 Å². The first-order valence-corrected chi connectivity index (χ1v) is 8.44. The number of hydrogen-bond donors (Lipinski definition) is 0. The van der Waals surface area contributed by atoms with E-state index in [1.165, 1.54) is 12.8 Å². The van der Waals surface area contributed by atoms with E-state index in [1.807, 2.05) is 6.07 Å². The van der Waals surface area contributed by atoms with Crippen LogP contribution in [0.2, 0.25) is 5.02 Å². The molecule has 0 saturated heterocycles. The lowest BCUT2D eigenvalue weighted by Crippen LogP contribution is -2.27. The molecule has 0 aliphatic rings. The van der Waals surface area contributed by atoms with Crippen molar-refractivity contribution in [2.24, 2.45) is 11.8 Å². The van der Waals surface area contributed by atoms with Gasteiger partial charge in [0.05, 0.1) is 10.7 Å². The molecule has 1 aromatic carbocycles. The van der Waals surface area contributed by atoms with Gasteiger partial charge in [0.25, 0.3) is 0 Å². The Morgan fingerprint density at radius 2 is 1.55 bits per heavy atom. The minimum atomic E-state index is 0.512. The van der Waals surface area contributed by atoms with Gasteiger partial charge in [-0.3, -0.25) is 0 Å². The third-order valence-corrected chi connectivity index (χ3v) is 4.07. The van der Waals surface area contributed by atoms with Gasteiger partial charge in [0.1, 0.15) is 0 Å². The van der Waals surface area contributed by atoms with E-state index in [0.29, 0.717) is 17.7 Å². The van der Waals surface area contributed by atoms with Crippen LogP contribution in [-0.4, -0.2) is 13.1 Å². The predicted molar refractivity (Wildman–Crippen MR) is 92.1 cm³/mol. The molecule has 20 heavy (non-hydrogen) atoms. The summed E-state index contributed by atoms with van der Waals surface area (Å²) in [6.07, 6.45) is 2.37. The second-order valence-electron chi connectivity index (χ2n) is 6.27. The number of anilines is 1. The van der Waals surface area contributed by atoms with Gasteiger partial charge in [-0.2, -0.15) is 0 Å². The highest BCUT2D eigenvalue weighted by Gasteiger charge is 2.12. The van der Waals surface area contributed by atoms with Crippen molar-refractivity contribution < 1.29 is 0 Å². The summed E-state index contributed by atoms with van der Waals surface area (Å²) in [7, 11) is 0. The molecule has 114 valence electrons. The van der Waals surface area contributed by atoms with Crippen molar-refractivity contribution in [3.05, 3.63) is 28.8 Å². The van der Waals surface area contributed by atoms with E-state index in [4.69, 9.17) is 23.2 Å². The molecule has 0 saturated carbocycles. The second-order valence-corrected chi connectivity index (χ2v) is 6.95. The van der Waals surface area contributed by atoms with Gasteiger partial charge in [0, 0.05) is 19.0 Å². The molecule has 1 nitrogen and oxygen atoms in total. The highest BCUT2D eigenvalue weighted by molar-refractivity contribution is 6.33. The Morgan fingerprint density at radius 3 is 1.95 bits per heavy atom. The summed E-state index contributed by atoms with van der Waals surface area (Å²) in [5, 5.41) is 0.815. The molecule has 3 heteroatoms. The van der Waals surface area contributed by atoms with E-state index in [-0.39, 0.29) is 0 Å². The van der Waals surface area contributed by atoms with Crippen molar-refractivity contribution in [2.75, 3.05) is 18.0 Å². The first-order chi connectivity index (χ1) is 9.43. The number of hydrogen-bond acceptors (Lipinski definition) is 1. The molecule has 1 aromatic rings. The van der Waals surface area contributed by atoms with Crippen LogP contribution in [0.3, 0.4) is 0 Å². The molecular weight excluding hydrogens is 289 g/mol. The fourth-order valence-electron chi connectivity index (χ4n) is 2.07. The van der Waals surface area contributed by atoms with Crippen LogP contribution in [0.4, 0.5) is 5.69 Å². The van der Waals surface area contributed by atoms with Crippen LogP contribution >= 0.6 is 23.2 Å². The van der Waals surface area contributed by atoms with E-state index in [9.17, 15) is 0 Å². The Labute approximate surface area is 134 Å². The van der Waals surface area contributed by atoms with Gasteiger partial charge < -0.3 is 4.90 Å². The van der Waals surface area contributed by atoms with Crippen LogP contribution < -0.4 is 4.90 Å². The molecule has 0 unspecified atom stereocenters. The molecule has 0 heterocycles. The van der Waals surface area contributed by atoms with Crippen LogP contribution in [0, 0.1) is 11.8 Å². The maximum Gasteiger partial charge on any atom is 0.0642 e. The molecular formula is C17H27Cl2N. The average molecular weight is 316 g/mol. The van der Waals surface area contributed by atoms with Crippen LogP contribution in [0.15, 0.2) is 18.2 Å². The molecule has 0 atom stereocenters. The van der Waals surface area contributed by atoms with Crippen molar-refractivity contribution in [3.8, 4) is 0 Å². The Hall–Kier alpha value is -0.400. The first-order valence-electron chi connectivity index (χ1n) is 7.53. The van der Waals surface area contributed by atoms with E-state index in [2.05, 4.69) is 44.7 Å². The van der Waals surface area contributed by atoms with E-state index in [1.54, 1.807) is 0 Å². The monoisotopic (exact) mass is 315 g/mol. The van der Waals surface area contributed by atoms with Crippen molar-refractivity contribution in [3.63, 3.8) is 0 Å². The third-order valence-electron chi connectivity index (χ3n) is 3.46. The van der Waals surface area contributed by atoms with Gasteiger partial charge in [0.15, 0.2) is 0 Å². The third kappa shape index (κ3) is 5.93. The Morgan fingerprint density at radius 1 is 1.00 bits per heavy atom. The SMILES string of the molecule is CC(C)CCN(CCC(C)C)c1ccc(CCl)cc1Cl. The van der Waals surface area contributed by atoms with Gasteiger partial charge in [-0.15, -0.1) is 11.6 Å². The summed E-state index contributed by atoms with van der Waals surface area (Å²) < 4.78 is 0. The topological polar surface area (TPSA) is 3.24 Å². The van der Waals surface area contributed by atoms with E-state index >= 15 is 0 Å². The van der Waals surface area contributed by atoms with Gasteiger partial charge >= 0.3 is 0 Å². The quantitative estimate of drug-likeness (QED) is 0.533. The largest absolute Gasteiger partial charge is 0.370 e. The molecule has 0 aromatic heterocycles. The number of alkyl halides is 1. The Balaban J connectivity index is 2.84. The number of benzene rings is 1. The Kier molecular flexibility index (Phi) is 7.76. The molecule has 0 aliphatic heterocycles. The summed E-state index contributed by atoms with van der Waals surface area (Å²) in [6.45, 7) is 11.2. The zero-order chi connectivity index (χ0) is 15.1. The highest BCUT2D eigenvalue weighted by Crippen LogP contribution is 2.28. The van der Waals surface area contributed by atoms with Crippen molar-refractivity contribution in [1.82, 2.24) is 0 Å². The minimum absolute atomic E-state index is 0.512. The van der Waals surface area contributed by atoms with Crippen LogP contribution in [-0.2, 0) is 5.88 Å². The number of halogens is 2. The minimum Gasteiger partial charge on any atom is -0.370 e. The van der Waals surface area contributed by atoms with Gasteiger partial charge in [-0.05, 0) is 42.4 Å². The first kappa shape index (κ1) is 17.7. The van der Waals surface area contributed by atoms with Crippen molar-refractivity contribution in [2.45, 2.75) is 46.4 Å². The lowest BCUT2D eigenvalue weighted by atomic mass is 10.1. The Bertz CT molecular complexity index is 390. The maximum atomic E-state index is 6.43. The second kappa shape index (κ2) is 8.79. The van der Waals surface area contributed by atoms with Crippen LogP contribution in [0.5, 0.6) is 0 Å². The summed E-state index contributed by atoms with van der Waals surface area (Å²) >= 11 is 12.3. The van der Waals surface area contributed by atoms with Gasteiger partial charge in [0.2, 0.25) is 0 Å². The van der Waals surface area contributed by atoms with Crippen LogP contribution in [0.1, 0.15) is 46.1 Å². The summed E-state index contributed by atoms with van der Waals surface area (Å²) in [5.74, 6) is 1.92. The zero-order valence-corrected chi connectivity index (χ0v) is 14.6. The molecule has 0 amide bonds. The lowest BCUT2D eigenvalue weighted by molar-refractivity contribution is 0.535. The van der Waals surface area contributed by atoms with Crippen molar-refractivity contribution >= 4 is 28.9 Å². The summed E-state index contributed by atoms with van der Waals surface area (Å²) in [5.41, 5.74) is 2.22.